The Balaban J connectivity index is 2.90. The summed E-state index contributed by atoms with van der Waals surface area (Å²) in [6.07, 6.45) is 0.448. The minimum absolute atomic E-state index is 0.0271. The SMILES string of the molecule is Cc1cc(C)c(NC(=O)CCBr)c(Cl)c1. The molecule has 0 atom stereocenters. The smallest absolute Gasteiger partial charge is 0.225 e. The Kier molecular flexibility index (Phi) is 4.61. The number of amides is 1. The molecule has 15 heavy (non-hydrogen) atoms. The number of hydrogen-bond acceptors (Lipinski definition) is 1. The van der Waals surface area contributed by atoms with Crippen LogP contribution in [-0.4, -0.2) is 11.2 Å². The Morgan fingerprint density at radius 1 is 1.47 bits per heavy atom. The van der Waals surface area contributed by atoms with E-state index in [1.165, 1.54) is 0 Å². The lowest BCUT2D eigenvalue weighted by atomic mass is 10.1. The molecule has 1 amide bonds. The summed E-state index contributed by atoms with van der Waals surface area (Å²) in [5.41, 5.74) is 2.80. The molecule has 0 aliphatic heterocycles. The van der Waals surface area contributed by atoms with Crippen LogP contribution >= 0.6 is 27.5 Å². The van der Waals surface area contributed by atoms with E-state index < -0.39 is 0 Å². The van der Waals surface area contributed by atoms with Gasteiger partial charge in [0.05, 0.1) is 10.7 Å². The van der Waals surface area contributed by atoms with Gasteiger partial charge in [0.25, 0.3) is 0 Å². The molecule has 0 spiro atoms. The molecule has 0 aliphatic rings. The summed E-state index contributed by atoms with van der Waals surface area (Å²) in [4.78, 5) is 11.4. The van der Waals surface area contributed by atoms with E-state index in [9.17, 15) is 4.79 Å². The number of anilines is 1. The monoisotopic (exact) mass is 289 g/mol. The molecule has 0 saturated carbocycles. The first-order valence-electron chi connectivity index (χ1n) is 4.67. The molecule has 4 heteroatoms. The van der Waals surface area contributed by atoms with Crippen LogP contribution in [-0.2, 0) is 4.79 Å². The van der Waals surface area contributed by atoms with Crippen LogP contribution in [0, 0.1) is 13.8 Å². The van der Waals surface area contributed by atoms with Crippen LogP contribution in [0.2, 0.25) is 5.02 Å². The van der Waals surface area contributed by atoms with Crippen molar-refractivity contribution in [2.75, 3.05) is 10.6 Å². The van der Waals surface area contributed by atoms with E-state index >= 15 is 0 Å². The maximum absolute atomic E-state index is 11.4. The zero-order valence-electron chi connectivity index (χ0n) is 8.73. The molecule has 1 N–H and O–H groups in total. The van der Waals surface area contributed by atoms with E-state index in [1.54, 1.807) is 0 Å². The number of nitrogens with one attached hydrogen (secondary N) is 1. The van der Waals surface area contributed by atoms with Crippen LogP contribution in [0.5, 0.6) is 0 Å². The first-order valence-corrected chi connectivity index (χ1v) is 6.17. The van der Waals surface area contributed by atoms with E-state index in [-0.39, 0.29) is 5.91 Å². The highest BCUT2D eigenvalue weighted by Gasteiger charge is 2.08. The van der Waals surface area contributed by atoms with Crippen LogP contribution in [0.3, 0.4) is 0 Å². The highest BCUT2D eigenvalue weighted by Crippen LogP contribution is 2.27. The molecule has 0 saturated heterocycles. The predicted molar refractivity (Wildman–Crippen MR) is 68.0 cm³/mol. The lowest BCUT2D eigenvalue weighted by molar-refractivity contribution is -0.115. The number of aryl methyl sites for hydroxylation is 2. The van der Waals surface area contributed by atoms with Crippen molar-refractivity contribution in [3.63, 3.8) is 0 Å². The van der Waals surface area contributed by atoms with Crippen LogP contribution in [0.25, 0.3) is 0 Å². The maximum Gasteiger partial charge on any atom is 0.225 e. The largest absolute Gasteiger partial charge is 0.325 e. The highest BCUT2D eigenvalue weighted by atomic mass is 79.9. The third kappa shape index (κ3) is 3.50. The molecule has 1 aromatic rings. The van der Waals surface area contributed by atoms with E-state index in [0.717, 1.165) is 11.1 Å². The summed E-state index contributed by atoms with van der Waals surface area (Å²) in [5, 5.41) is 4.05. The van der Waals surface area contributed by atoms with E-state index in [0.29, 0.717) is 22.5 Å². The van der Waals surface area contributed by atoms with Crippen LogP contribution in [0.1, 0.15) is 17.5 Å². The molecule has 0 fully saturated rings. The van der Waals surface area contributed by atoms with E-state index in [2.05, 4.69) is 21.2 Å². The van der Waals surface area contributed by atoms with Gasteiger partial charge >= 0.3 is 0 Å². The normalized spacial score (nSPS) is 10.1. The fourth-order valence-corrected chi connectivity index (χ4v) is 2.09. The molecule has 1 aromatic carbocycles. The Morgan fingerprint density at radius 2 is 2.13 bits per heavy atom. The van der Waals surface area contributed by atoms with Crippen molar-refractivity contribution in [3.8, 4) is 0 Å². The lowest BCUT2D eigenvalue weighted by Gasteiger charge is -2.10. The first-order chi connectivity index (χ1) is 7.04. The van der Waals surface area contributed by atoms with Gasteiger partial charge in [-0.2, -0.15) is 0 Å². The molecule has 0 bridgehead atoms. The average molecular weight is 291 g/mol. The third-order valence-corrected chi connectivity index (χ3v) is 2.71. The second-order valence-corrected chi connectivity index (χ2v) is 4.63. The summed E-state index contributed by atoms with van der Waals surface area (Å²) >= 11 is 9.27. The van der Waals surface area contributed by atoms with Gasteiger partial charge in [0.2, 0.25) is 5.91 Å². The minimum atomic E-state index is -0.0271. The number of alkyl halides is 1. The van der Waals surface area contributed by atoms with Crippen LogP contribution < -0.4 is 5.32 Å². The Bertz CT molecular complexity index is 356. The Labute approximate surface area is 103 Å². The number of carbonyl (C=O) groups excluding carboxylic acids is 1. The van der Waals surface area contributed by atoms with Crippen molar-refractivity contribution < 1.29 is 4.79 Å². The third-order valence-electron chi connectivity index (χ3n) is 2.02. The average Bonchev–Trinajstić information content (AvgIpc) is 2.11. The number of carbonyl (C=O) groups is 1. The van der Waals surface area contributed by atoms with Gasteiger partial charge in [-0.05, 0) is 31.0 Å². The molecule has 0 aromatic heterocycles. The molecule has 0 unspecified atom stereocenters. The quantitative estimate of drug-likeness (QED) is 0.845. The van der Waals surface area contributed by atoms with E-state index in [4.69, 9.17) is 11.6 Å². The molecule has 0 radical (unpaired) electrons. The summed E-state index contributed by atoms with van der Waals surface area (Å²) in [7, 11) is 0. The number of rotatable bonds is 3. The summed E-state index contributed by atoms with van der Waals surface area (Å²) in [6, 6.07) is 3.84. The minimum Gasteiger partial charge on any atom is -0.325 e. The van der Waals surface area contributed by atoms with Crippen molar-refractivity contribution in [3.05, 3.63) is 28.3 Å². The topological polar surface area (TPSA) is 29.1 Å². The maximum atomic E-state index is 11.4. The molecule has 1 rings (SSSR count). The van der Waals surface area contributed by atoms with E-state index in [1.807, 2.05) is 26.0 Å². The van der Waals surface area contributed by atoms with Crippen molar-refractivity contribution in [1.82, 2.24) is 0 Å². The number of benzene rings is 1. The summed E-state index contributed by atoms with van der Waals surface area (Å²) in [5.74, 6) is -0.0271. The van der Waals surface area contributed by atoms with Crippen molar-refractivity contribution in [2.24, 2.45) is 0 Å². The Morgan fingerprint density at radius 3 is 2.67 bits per heavy atom. The molecule has 2 nitrogen and oxygen atoms in total. The standard InChI is InChI=1S/C11H13BrClNO/c1-7-5-8(2)11(9(13)6-7)14-10(15)3-4-12/h5-6H,3-4H2,1-2H3,(H,14,15). The van der Waals surface area contributed by atoms with Crippen molar-refractivity contribution >= 4 is 39.1 Å². The fraction of sp³-hybridized carbons (Fsp3) is 0.364. The summed E-state index contributed by atoms with van der Waals surface area (Å²) < 4.78 is 0. The molecule has 82 valence electrons. The van der Waals surface area contributed by atoms with Crippen LogP contribution in [0.4, 0.5) is 5.69 Å². The number of hydrogen-bond donors (Lipinski definition) is 1. The zero-order valence-corrected chi connectivity index (χ0v) is 11.1. The fourth-order valence-electron chi connectivity index (χ4n) is 1.36. The van der Waals surface area contributed by atoms with Gasteiger partial charge in [-0.25, -0.2) is 0 Å². The summed E-state index contributed by atoms with van der Waals surface area (Å²) in [6.45, 7) is 3.91. The van der Waals surface area contributed by atoms with Gasteiger partial charge < -0.3 is 5.32 Å². The van der Waals surface area contributed by atoms with Crippen molar-refractivity contribution in [2.45, 2.75) is 20.3 Å². The molecular formula is C11H13BrClNO. The van der Waals surface area contributed by atoms with Gasteiger partial charge in [-0.1, -0.05) is 33.6 Å². The number of halogens is 2. The van der Waals surface area contributed by atoms with Gasteiger partial charge in [-0.15, -0.1) is 0 Å². The zero-order chi connectivity index (χ0) is 11.4. The lowest BCUT2D eigenvalue weighted by Crippen LogP contribution is -2.13. The van der Waals surface area contributed by atoms with Crippen LogP contribution in [0.15, 0.2) is 12.1 Å². The molecule has 0 aliphatic carbocycles. The second-order valence-electron chi connectivity index (χ2n) is 3.43. The van der Waals surface area contributed by atoms with Gasteiger partial charge in [0.15, 0.2) is 0 Å². The molecule has 0 heterocycles. The highest BCUT2D eigenvalue weighted by molar-refractivity contribution is 9.09. The first kappa shape index (κ1) is 12.5. The Hall–Kier alpha value is -0.540. The second kappa shape index (κ2) is 5.52. The van der Waals surface area contributed by atoms with Gasteiger partial charge in [0, 0.05) is 11.8 Å². The van der Waals surface area contributed by atoms with Gasteiger partial charge in [-0.3, -0.25) is 4.79 Å². The molecular weight excluding hydrogens is 277 g/mol. The van der Waals surface area contributed by atoms with Crippen molar-refractivity contribution in [1.29, 1.82) is 0 Å². The van der Waals surface area contributed by atoms with Gasteiger partial charge in [0.1, 0.15) is 0 Å². The predicted octanol–water partition coefficient (Wildman–Crippen LogP) is 3.68.